The zero-order valence-corrected chi connectivity index (χ0v) is 5.50. The summed E-state index contributed by atoms with van der Waals surface area (Å²) in [6, 6.07) is 4.56. The second kappa shape index (κ2) is 1.87. The maximum absolute atomic E-state index is 5.17. The van der Waals surface area contributed by atoms with Crippen LogP contribution in [0.1, 0.15) is 6.92 Å². The highest BCUT2D eigenvalue weighted by Crippen LogP contribution is 2.30. The molecule has 0 amide bonds. The smallest absolute Gasteiger partial charge is 0.260 e. The Labute approximate surface area is 58.6 Å². The lowest BCUT2D eigenvalue weighted by Gasteiger charge is -1.98. The number of hydrogen-bond donors (Lipinski definition) is 0. The third-order valence-corrected chi connectivity index (χ3v) is 1.24. The van der Waals surface area contributed by atoms with Crippen LogP contribution < -0.4 is 9.47 Å². The molecule has 0 fully saturated rings. The van der Waals surface area contributed by atoms with E-state index in [1.165, 1.54) is 0 Å². The Morgan fingerprint density at radius 1 is 1.60 bits per heavy atom. The predicted molar refractivity (Wildman–Crippen MR) is 33.8 cm³/mol. The van der Waals surface area contributed by atoms with Crippen LogP contribution in [0, 0.1) is 6.07 Å². The number of fused-ring (bicyclic) bond motifs is 1. The molecule has 0 spiro atoms. The van der Waals surface area contributed by atoms with Crippen LogP contribution in [0.25, 0.3) is 0 Å². The van der Waals surface area contributed by atoms with Crippen LogP contribution in [-0.2, 0) is 0 Å². The molecule has 0 bridgehead atoms. The summed E-state index contributed by atoms with van der Waals surface area (Å²) >= 11 is 0. The van der Waals surface area contributed by atoms with Gasteiger partial charge < -0.3 is 9.47 Å². The Bertz CT molecular complexity index is 224. The summed E-state index contributed by atoms with van der Waals surface area (Å²) in [6.45, 7) is 1.82. The van der Waals surface area contributed by atoms with Crippen molar-refractivity contribution in [2.75, 3.05) is 0 Å². The highest BCUT2D eigenvalue weighted by molar-refractivity contribution is 5.33. The van der Waals surface area contributed by atoms with Gasteiger partial charge >= 0.3 is 0 Å². The molecule has 1 atom stereocenters. The van der Waals surface area contributed by atoms with Crippen LogP contribution in [-0.4, -0.2) is 11.3 Å². The van der Waals surface area contributed by atoms with E-state index >= 15 is 0 Å². The average molecular weight is 136 g/mol. The van der Waals surface area contributed by atoms with E-state index < -0.39 is 0 Å². The fraction of sp³-hybridized carbons (Fsp3) is 0.286. The molecule has 1 radical (unpaired) electrons. The second-order valence-electron chi connectivity index (χ2n) is 2.03. The minimum absolute atomic E-state index is 0.221. The summed E-state index contributed by atoms with van der Waals surface area (Å²) in [5, 5.41) is 0. The number of hydrogen-bond acceptors (Lipinski definition) is 3. The standard InChI is InChI=1S/C7H6NO2/c1-5-9-6-3-2-4-8-7(6)10-5/h2,4-5H,1H3. The molecule has 0 saturated heterocycles. The van der Waals surface area contributed by atoms with Crippen molar-refractivity contribution in [3.05, 3.63) is 18.3 Å². The maximum Gasteiger partial charge on any atom is 0.260 e. The quantitative estimate of drug-likeness (QED) is 0.533. The highest BCUT2D eigenvalue weighted by Gasteiger charge is 2.20. The van der Waals surface area contributed by atoms with Gasteiger partial charge in [0.25, 0.3) is 5.88 Å². The average Bonchev–Trinajstić information content (AvgIpc) is 2.27. The zero-order valence-electron chi connectivity index (χ0n) is 5.50. The van der Waals surface area contributed by atoms with Gasteiger partial charge in [-0.25, -0.2) is 4.98 Å². The third-order valence-electron chi connectivity index (χ3n) is 1.24. The van der Waals surface area contributed by atoms with Crippen molar-refractivity contribution >= 4 is 0 Å². The van der Waals surface area contributed by atoms with Crippen molar-refractivity contribution in [1.82, 2.24) is 4.98 Å². The molecule has 0 aliphatic carbocycles. The Hall–Kier alpha value is -1.25. The van der Waals surface area contributed by atoms with Crippen molar-refractivity contribution in [2.24, 2.45) is 0 Å². The first-order chi connectivity index (χ1) is 4.86. The first-order valence-electron chi connectivity index (χ1n) is 3.06. The van der Waals surface area contributed by atoms with Crippen molar-refractivity contribution in [1.29, 1.82) is 0 Å². The molecule has 0 aromatic carbocycles. The SMILES string of the molecule is CC1Oc2[c]ccnc2O1. The highest BCUT2D eigenvalue weighted by atomic mass is 16.7. The summed E-state index contributed by atoms with van der Waals surface area (Å²) in [6.07, 6.45) is 1.40. The molecule has 3 heteroatoms. The number of rotatable bonds is 0. The van der Waals surface area contributed by atoms with E-state index in [0.717, 1.165) is 0 Å². The molecule has 3 nitrogen and oxygen atoms in total. The number of ether oxygens (including phenoxy) is 2. The zero-order chi connectivity index (χ0) is 6.97. The van der Waals surface area contributed by atoms with Crippen molar-refractivity contribution < 1.29 is 9.47 Å². The summed E-state index contributed by atoms with van der Waals surface area (Å²) in [5.74, 6) is 1.14. The van der Waals surface area contributed by atoms with Gasteiger partial charge in [0.15, 0.2) is 5.75 Å². The molecular formula is C7H6NO2. The van der Waals surface area contributed by atoms with E-state index in [4.69, 9.17) is 9.47 Å². The number of aromatic nitrogens is 1. The van der Waals surface area contributed by atoms with Gasteiger partial charge in [-0.3, -0.25) is 0 Å². The minimum atomic E-state index is -0.221. The van der Waals surface area contributed by atoms with Crippen molar-refractivity contribution in [3.8, 4) is 11.6 Å². The molecule has 1 aromatic heterocycles. The topological polar surface area (TPSA) is 31.4 Å². The fourth-order valence-corrected chi connectivity index (χ4v) is 0.854. The van der Waals surface area contributed by atoms with Crippen LogP contribution >= 0.6 is 0 Å². The number of pyridine rings is 1. The molecular weight excluding hydrogens is 130 g/mol. The molecule has 1 aliphatic heterocycles. The van der Waals surface area contributed by atoms with E-state index in [2.05, 4.69) is 11.1 Å². The Morgan fingerprint density at radius 2 is 2.50 bits per heavy atom. The molecule has 0 saturated carbocycles. The van der Waals surface area contributed by atoms with E-state index in [1.54, 1.807) is 12.3 Å². The van der Waals surface area contributed by atoms with Gasteiger partial charge in [0.05, 0.1) is 0 Å². The summed E-state index contributed by atoms with van der Waals surface area (Å²) in [4.78, 5) is 3.93. The summed E-state index contributed by atoms with van der Waals surface area (Å²) in [7, 11) is 0. The van der Waals surface area contributed by atoms with Crippen LogP contribution in [0.3, 0.4) is 0 Å². The maximum atomic E-state index is 5.17. The lowest BCUT2D eigenvalue weighted by atomic mass is 10.4. The second-order valence-corrected chi connectivity index (χ2v) is 2.03. The molecule has 1 aliphatic rings. The first-order valence-corrected chi connectivity index (χ1v) is 3.06. The van der Waals surface area contributed by atoms with Crippen molar-refractivity contribution in [3.63, 3.8) is 0 Å². The fourth-order valence-electron chi connectivity index (χ4n) is 0.854. The van der Waals surface area contributed by atoms with Gasteiger partial charge in [-0.05, 0) is 6.07 Å². The van der Waals surface area contributed by atoms with Gasteiger partial charge in [-0.2, -0.15) is 0 Å². The van der Waals surface area contributed by atoms with Gasteiger partial charge in [0.2, 0.25) is 6.29 Å². The molecule has 1 aromatic rings. The monoisotopic (exact) mass is 136 g/mol. The normalized spacial score (nSPS) is 21.1. The van der Waals surface area contributed by atoms with E-state index in [9.17, 15) is 0 Å². The molecule has 51 valence electrons. The Balaban J connectivity index is 2.42. The lowest BCUT2D eigenvalue weighted by molar-refractivity contribution is 0.0655. The molecule has 2 heterocycles. The van der Waals surface area contributed by atoms with Crippen LogP contribution in [0.15, 0.2) is 12.3 Å². The lowest BCUT2D eigenvalue weighted by Crippen LogP contribution is -2.11. The largest absolute Gasteiger partial charge is 0.449 e. The van der Waals surface area contributed by atoms with E-state index in [-0.39, 0.29) is 6.29 Å². The van der Waals surface area contributed by atoms with Gasteiger partial charge in [-0.1, -0.05) is 0 Å². The molecule has 1 unspecified atom stereocenters. The molecule has 2 rings (SSSR count). The third kappa shape index (κ3) is 0.708. The van der Waals surface area contributed by atoms with Crippen LogP contribution in [0.4, 0.5) is 0 Å². The van der Waals surface area contributed by atoms with Gasteiger partial charge in [0.1, 0.15) is 0 Å². The van der Waals surface area contributed by atoms with Gasteiger partial charge in [-0.15, -0.1) is 0 Å². The number of nitrogens with zero attached hydrogens (tertiary/aromatic N) is 1. The predicted octanol–water partition coefficient (Wildman–Crippen LogP) is 0.999. The Kier molecular flexibility index (Phi) is 1.03. The van der Waals surface area contributed by atoms with Crippen LogP contribution in [0.2, 0.25) is 0 Å². The van der Waals surface area contributed by atoms with Gasteiger partial charge in [0, 0.05) is 19.2 Å². The Morgan fingerprint density at radius 3 is 3.30 bits per heavy atom. The van der Waals surface area contributed by atoms with Crippen LogP contribution in [0.5, 0.6) is 11.6 Å². The van der Waals surface area contributed by atoms with Crippen molar-refractivity contribution in [2.45, 2.75) is 13.2 Å². The minimum Gasteiger partial charge on any atom is -0.449 e. The van der Waals surface area contributed by atoms with E-state index in [1.807, 2.05) is 6.92 Å². The molecule has 10 heavy (non-hydrogen) atoms. The summed E-state index contributed by atoms with van der Waals surface area (Å²) in [5.41, 5.74) is 0. The summed E-state index contributed by atoms with van der Waals surface area (Å²) < 4.78 is 10.3. The molecule has 0 N–H and O–H groups in total. The van der Waals surface area contributed by atoms with E-state index in [0.29, 0.717) is 11.6 Å². The first kappa shape index (κ1) is 5.53.